The average Bonchev–Trinajstić information content (AvgIpc) is 2.94. The molecule has 1 spiro atoms. The Hall–Kier alpha value is -3.19. The number of benzene rings is 1. The number of hydrogen-bond acceptors (Lipinski definition) is 5. The molecule has 1 aromatic carbocycles. The first kappa shape index (κ1) is 21.1. The van der Waals surface area contributed by atoms with E-state index in [1.54, 1.807) is 17.0 Å². The van der Waals surface area contributed by atoms with E-state index in [0.29, 0.717) is 30.5 Å². The van der Waals surface area contributed by atoms with E-state index in [1.165, 1.54) is 12.1 Å². The maximum Gasteiger partial charge on any atom is 0.419 e. The van der Waals surface area contributed by atoms with E-state index >= 15 is 0 Å². The Morgan fingerprint density at radius 2 is 2.00 bits per heavy atom. The second-order valence-electron chi connectivity index (χ2n) is 7.51. The normalized spacial score (nSPS) is 17.8. The number of phenols is 1. The number of aromatic nitrogens is 1. The van der Waals surface area contributed by atoms with E-state index in [9.17, 15) is 23.1 Å². The molecule has 2 fully saturated rings. The largest absolute Gasteiger partial charge is 0.508 e. The summed E-state index contributed by atoms with van der Waals surface area (Å²) >= 11 is 5.56. The fourth-order valence-corrected chi connectivity index (χ4v) is 4.55. The third kappa shape index (κ3) is 3.11. The summed E-state index contributed by atoms with van der Waals surface area (Å²) in [5.41, 5.74) is -1.85. The van der Waals surface area contributed by atoms with Crippen molar-refractivity contribution in [2.24, 2.45) is 0 Å². The molecule has 2 aliphatic rings. The van der Waals surface area contributed by atoms with E-state index in [0.717, 1.165) is 23.6 Å². The number of carbonyl (C=O) groups excluding carboxylic acids is 1. The molecule has 1 saturated carbocycles. The van der Waals surface area contributed by atoms with Crippen LogP contribution in [0.1, 0.15) is 43.0 Å². The van der Waals surface area contributed by atoms with E-state index in [4.69, 9.17) is 17.5 Å². The fourth-order valence-electron chi connectivity index (χ4n) is 4.08. The molecule has 160 valence electrons. The quantitative estimate of drug-likeness (QED) is 0.708. The number of amides is 1. The van der Waals surface area contributed by atoms with Gasteiger partial charge in [0.05, 0.1) is 17.4 Å². The number of aryl methyl sites for hydroxylation is 1. The molecule has 6 nitrogen and oxygen atoms in total. The lowest BCUT2D eigenvalue weighted by molar-refractivity contribution is -0.138. The summed E-state index contributed by atoms with van der Waals surface area (Å²) in [5, 5.41) is 19.0. The summed E-state index contributed by atoms with van der Waals surface area (Å²) in [6.07, 6.45) is -1.42. The molecule has 1 aliphatic heterocycles. The van der Waals surface area contributed by atoms with Crippen LogP contribution in [0.3, 0.4) is 0 Å². The van der Waals surface area contributed by atoms with Gasteiger partial charge in [0.2, 0.25) is 0 Å². The SMILES string of the molecule is CCc1cc(N2C(=S)N(c3cnc(C#N)c(C(F)(F)F)c3)C(=O)C23CCC3)ccc1O. The zero-order valence-electron chi connectivity index (χ0n) is 16.4. The number of nitriles is 1. The van der Waals surface area contributed by atoms with Gasteiger partial charge >= 0.3 is 6.18 Å². The van der Waals surface area contributed by atoms with Gasteiger partial charge in [-0.15, -0.1) is 0 Å². The van der Waals surface area contributed by atoms with Crippen LogP contribution in [0.2, 0.25) is 0 Å². The third-order valence-electron chi connectivity index (χ3n) is 5.84. The van der Waals surface area contributed by atoms with Gasteiger partial charge in [-0.05, 0) is 67.7 Å². The maximum atomic E-state index is 13.4. The van der Waals surface area contributed by atoms with Gasteiger partial charge in [-0.3, -0.25) is 9.69 Å². The minimum absolute atomic E-state index is 0.0390. The molecule has 2 aromatic rings. The number of carbonyl (C=O) groups is 1. The van der Waals surface area contributed by atoms with Crippen LogP contribution < -0.4 is 9.80 Å². The van der Waals surface area contributed by atoms with Crippen LogP contribution in [0.25, 0.3) is 0 Å². The van der Waals surface area contributed by atoms with Crippen molar-refractivity contribution in [1.29, 1.82) is 5.26 Å². The fraction of sp³-hybridized carbons (Fsp3) is 0.333. The lowest BCUT2D eigenvalue weighted by atomic mass is 9.75. The number of alkyl halides is 3. The molecule has 0 atom stereocenters. The highest BCUT2D eigenvalue weighted by Crippen LogP contribution is 2.48. The molecule has 1 aromatic heterocycles. The van der Waals surface area contributed by atoms with Crippen molar-refractivity contribution in [2.45, 2.75) is 44.3 Å². The van der Waals surface area contributed by atoms with E-state index in [2.05, 4.69) is 4.98 Å². The Bertz CT molecular complexity index is 1140. The van der Waals surface area contributed by atoms with E-state index in [1.807, 2.05) is 6.92 Å². The van der Waals surface area contributed by atoms with Crippen molar-refractivity contribution in [3.8, 4) is 11.8 Å². The summed E-state index contributed by atoms with van der Waals surface area (Å²) in [5.74, 6) is -0.303. The number of pyridine rings is 1. The van der Waals surface area contributed by atoms with Gasteiger partial charge in [-0.1, -0.05) is 6.92 Å². The second kappa shape index (κ2) is 7.20. The summed E-state index contributed by atoms with van der Waals surface area (Å²) < 4.78 is 40.3. The monoisotopic (exact) mass is 446 g/mol. The molecule has 2 heterocycles. The predicted octanol–water partition coefficient (Wildman–Crippen LogP) is 4.30. The van der Waals surface area contributed by atoms with Gasteiger partial charge in [-0.2, -0.15) is 18.4 Å². The van der Waals surface area contributed by atoms with Crippen molar-refractivity contribution in [3.05, 3.63) is 47.3 Å². The predicted molar refractivity (Wildman–Crippen MR) is 111 cm³/mol. The van der Waals surface area contributed by atoms with Gasteiger partial charge in [0.1, 0.15) is 17.4 Å². The van der Waals surface area contributed by atoms with Crippen LogP contribution in [0, 0.1) is 11.3 Å². The Morgan fingerprint density at radius 1 is 1.29 bits per heavy atom. The van der Waals surface area contributed by atoms with Crippen LogP contribution in [0.5, 0.6) is 5.75 Å². The third-order valence-corrected chi connectivity index (χ3v) is 6.20. The second-order valence-corrected chi connectivity index (χ2v) is 7.87. The topological polar surface area (TPSA) is 80.5 Å². The molecule has 0 bridgehead atoms. The van der Waals surface area contributed by atoms with Crippen molar-refractivity contribution in [1.82, 2.24) is 4.98 Å². The highest BCUT2D eigenvalue weighted by molar-refractivity contribution is 7.81. The summed E-state index contributed by atoms with van der Waals surface area (Å²) in [6, 6.07) is 7.05. The lowest BCUT2D eigenvalue weighted by Crippen LogP contribution is -2.55. The first-order valence-corrected chi connectivity index (χ1v) is 10.0. The molecular formula is C21H17F3N4O2S. The summed E-state index contributed by atoms with van der Waals surface area (Å²) in [7, 11) is 0. The number of halogens is 3. The maximum absolute atomic E-state index is 13.4. The van der Waals surface area contributed by atoms with Crippen LogP contribution in [-0.4, -0.2) is 26.6 Å². The number of phenolic OH excluding ortho intramolecular Hbond substituents is 1. The van der Waals surface area contributed by atoms with Crippen LogP contribution in [0.15, 0.2) is 30.5 Å². The molecule has 0 radical (unpaired) electrons. The first-order chi connectivity index (χ1) is 14.6. The van der Waals surface area contributed by atoms with Crippen molar-refractivity contribution >= 4 is 34.6 Å². The minimum atomic E-state index is -4.81. The number of aromatic hydroxyl groups is 1. The lowest BCUT2D eigenvalue weighted by Gasteiger charge is -2.43. The molecule has 10 heteroatoms. The number of hydrogen-bond donors (Lipinski definition) is 1. The number of anilines is 2. The van der Waals surface area contributed by atoms with Crippen molar-refractivity contribution in [3.63, 3.8) is 0 Å². The highest BCUT2D eigenvalue weighted by Gasteiger charge is 2.59. The van der Waals surface area contributed by atoms with Gasteiger partial charge in [0, 0.05) is 5.69 Å². The number of thiocarbonyl (C=S) groups is 1. The van der Waals surface area contributed by atoms with Gasteiger partial charge in [0.15, 0.2) is 10.8 Å². The Labute approximate surface area is 181 Å². The van der Waals surface area contributed by atoms with Crippen LogP contribution in [0.4, 0.5) is 24.5 Å². The summed E-state index contributed by atoms with van der Waals surface area (Å²) in [6.45, 7) is 1.87. The van der Waals surface area contributed by atoms with Crippen LogP contribution in [-0.2, 0) is 17.4 Å². The van der Waals surface area contributed by atoms with Gasteiger partial charge in [-0.25, -0.2) is 4.98 Å². The molecule has 31 heavy (non-hydrogen) atoms. The van der Waals surface area contributed by atoms with Crippen molar-refractivity contribution < 1.29 is 23.1 Å². The molecule has 1 N–H and O–H groups in total. The molecule has 4 rings (SSSR count). The number of rotatable bonds is 3. The molecule has 1 aliphatic carbocycles. The average molecular weight is 446 g/mol. The molecule has 1 saturated heterocycles. The smallest absolute Gasteiger partial charge is 0.419 e. The zero-order chi connectivity index (χ0) is 22.6. The van der Waals surface area contributed by atoms with Crippen LogP contribution >= 0.6 is 12.2 Å². The van der Waals surface area contributed by atoms with E-state index in [-0.39, 0.29) is 16.5 Å². The van der Waals surface area contributed by atoms with Gasteiger partial charge < -0.3 is 10.0 Å². The molecular weight excluding hydrogens is 429 g/mol. The Balaban J connectivity index is 1.83. The zero-order valence-corrected chi connectivity index (χ0v) is 17.2. The Morgan fingerprint density at radius 3 is 2.55 bits per heavy atom. The first-order valence-electron chi connectivity index (χ1n) is 9.62. The minimum Gasteiger partial charge on any atom is -0.508 e. The van der Waals surface area contributed by atoms with Crippen molar-refractivity contribution in [2.75, 3.05) is 9.80 Å². The summed E-state index contributed by atoms with van der Waals surface area (Å²) in [4.78, 5) is 19.8. The highest BCUT2D eigenvalue weighted by atomic mass is 32.1. The molecule has 1 amide bonds. The Kier molecular flexibility index (Phi) is 4.89. The van der Waals surface area contributed by atoms with E-state index < -0.39 is 28.9 Å². The standard InChI is InChI=1S/C21H17F3N4O2S/c1-2-12-8-13(4-5-17(12)29)28-19(31)27(18(30)20(28)6-3-7-20)14-9-15(21(22,23)24)16(10-25)26-11-14/h4-5,8-9,11,29H,2-3,6-7H2,1H3. The number of nitrogens with zero attached hydrogens (tertiary/aromatic N) is 4. The van der Waals surface area contributed by atoms with Gasteiger partial charge in [0.25, 0.3) is 5.91 Å². The molecule has 0 unspecified atom stereocenters.